The van der Waals surface area contributed by atoms with Crippen LogP contribution < -0.4 is 14.4 Å². The van der Waals surface area contributed by atoms with E-state index in [2.05, 4.69) is 24.4 Å². The number of carbonyl (C=O) groups excluding carboxylic acids is 1. The number of anilines is 1. The minimum Gasteiger partial charge on any atom is -0.494 e. The summed E-state index contributed by atoms with van der Waals surface area (Å²) in [7, 11) is -3.96. The molecule has 0 bridgehead atoms. The zero-order chi connectivity index (χ0) is 24.9. The highest BCUT2D eigenvalue weighted by Crippen LogP contribution is 2.26. The molecule has 3 rings (SSSR count). The topological polar surface area (TPSA) is 75.7 Å². The fourth-order valence-corrected chi connectivity index (χ4v) is 5.30. The van der Waals surface area contributed by atoms with Crippen molar-refractivity contribution in [3.8, 4) is 5.75 Å². The maximum absolute atomic E-state index is 13.5. The molecule has 3 aromatic rings. The highest BCUT2D eigenvalue weighted by Gasteiger charge is 2.28. The van der Waals surface area contributed by atoms with Crippen LogP contribution in [0.4, 0.5) is 5.69 Å². The first kappa shape index (κ1) is 25.3. The van der Waals surface area contributed by atoms with Crippen molar-refractivity contribution in [1.29, 1.82) is 0 Å². The van der Waals surface area contributed by atoms with E-state index in [0.717, 1.165) is 21.0 Å². The molecule has 0 aliphatic carbocycles. The molecule has 0 heterocycles. The Morgan fingerprint density at radius 3 is 2.18 bits per heavy atom. The lowest BCUT2D eigenvalue weighted by Crippen LogP contribution is -2.41. The Labute approximate surface area is 202 Å². The minimum absolute atomic E-state index is 0.120. The molecule has 6 nitrogen and oxygen atoms in total. The van der Waals surface area contributed by atoms with E-state index in [-0.39, 0.29) is 17.5 Å². The first-order valence-corrected chi connectivity index (χ1v) is 12.7. The molecule has 0 unspecified atom stereocenters. The lowest BCUT2D eigenvalue weighted by molar-refractivity contribution is -0.120. The Morgan fingerprint density at radius 1 is 0.941 bits per heavy atom. The number of hydrogen-bond acceptors (Lipinski definition) is 4. The molecular formula is C27H32N2O4S. The fraction of sp³-hybridized carbons (Fsp3) is 0.296. The number of hydrogen-bond donors (Lipinski definition) is 1. The van der Waals surface area contributed by atoms with Gasteiger partial charge in [0.05, 0.1) is 23.2 Å². The van der Waals surface area contributed by atoms with Gasteiger partial charge in [-0.15, -0.1) is 0 Å². The average molecular weight is 481 g/mol. The molecule has 0 spiro atoms. The predicted octanol–water partition coefficient (Wildman–Crippen LogP) is 5.08. The third-order valence-electron chi connectivity index (χ3n) is 5.78. The molecule has 1 atom stereocenters. The molecule has 0 saturated heterocycles. The van der Waals surface area contributed by atoms with Gasteiger partial charge in [-0.2, -0.15) is 0 Å². The number of aryl methyl sites for hydroxylation is 3. The van der Waals surface area contributed by atoms with Gasteiger partial charge in [0.15, 0.2) is 0 Å². The van der Waals surface area contributed by atoms with Crippen LogP contribution in [-0.4, -0.2) is 27.5 Å². The predicted molar refractivity (Wildman–Crippen MR) is 136 cm³/mol. The number of rotatable bonds is 9. The second kappa shape index (κ2) is 10.7. The first-order valence-electron chi connectivity index (χ1n) is 11.3. The highest BCUT2D eigenvalue weighted by atomic mass is 32.2. The molecule has 180 valence electrons. The van der Waals surface area contributed by atoms with Crippen LogP contribution >= 0.6 is 0 Å². The second-order valence-corrected chi connectivity index (χ2v) is 10.2. The molecule has 0 aromatic heterocycles. The number of sulfonamides is 1. The van der Waals surface area contributed by atoms with Crippen molar-refractivity contribution in [3.63, 3.8) is 0 Å². The van der Waals surface area contributed by atoms with Gasteiger partial charge in [-0.05, 0) is 93.3 Å². The summed E-state index contributed by atoms with van der Waals surface area (Å²) in [4.78, 5) is 13.2. The Bertz CT molecular complexity index is 1240. The van der Waals surface area contributed by atoms with E-state index < -0.39 is 15.9 Å². The molecule has 0 aliphatic heterocycles. The van der Waals surface area contributed by atoms with Crippen molar-refractivity contribution in [1.82, 2.24) is 5.32 Å². The normalized spacial score (nSPS) is 12.1. The molecule has 7 heteroatoms. The van der Waals surface area contributed by atoms with Crippen LogP contribution in [-0.2, 0) is 14.8 Å². The monoisotopic (exact) mass is 480 g/mol. The van der Waals surface area contributed by atoms with Crippen molar-refractivity contribution in [2.75, 3.05) is 17.5 Å². The SMILES string of the molecule is CCOc1ccc(N(CC(=O)N[C@@H](C)c2cc(C)c(C)cc2C)S(=O)(=O)c2ccccc2)cc1. The van der Waals surface area contributed by atoms with E-state index in [1.165, 1.54) is 17.7 Å². The zero-order valence-electron chi connectivity index (χ0n) is 20.3. The maximum Gasteiger partial charge on any atom is 0.264 e. The number of nitrogens with one attached hydrogen (secondary N) is 1. The number of nitrogens with zero attached hydrogens (tertiary/aromatic N) is 1. The zero-order valence-corrected chi connectivity index (χ0v) is 21.1. The van der Waals surface area contributed by atoms with Gasteiger partial charge < -0.3 is 10.1 Å². The van der Waals surface area contributed by atoms with Gasteiger partial charge in [-0.3, -0.25) is 9.10 Å². The Balaban J connectivity index is 1.89. The Kier molecular flexibility index (Phi) is 7.99. The first-order chi connectivity index (χ1) is 16.1. The largest absolute Gasteiger partial charge is 0.494 e. The average Bonchev–Trinajstić information content (AvgIpc) is 2.81. The van der Waals surface area contributed by atoms with Crippen molar-refractivity contribution in [3.05, 3.63) is 89.0 Å². The summed E-state index contributed by atoms with van der Waals surface area (Å²) in [5, 5.41) is 2.97. The van der Waals surface area contributed by atoms with E-state index >= 15 is 0 Å². The van der Waals surface area contributed by atoms with Gasteiger partial charge in [0.25, 0.3) is 10.0 Å². The lowest BCUT2D eigenvalue weighted by Gasteiger charge is -2.26. The van der Waals surface area contributed by atoms with Gasteiger partial charge in [-0.25, -0.2) is 8.42 Å². The van der Waals surface area contributed by atoms with E-state index in [4.69, 9.17) is 4.74 Å². The molecule has 0 saturated carbocycles. The molecule has 0 radical (unpaired) electrons. The van der Waals surface area contributed by atoms with Gasteiger partial charge in [0, 0.05) is 0 Å². The quantitative estimate of drug-likeness (QED) is 0.463. The van der Waals surface area contributed by atoms with Crippen LogP contribution in [0.1, 0.15) is 42.1 Å². The van der Waals surface area contributed by atoms with Gasteiger partial charge in [0.2, 0.25) is 5.91 Å². The third-order valence-corrected chi connectivity index (χ3v) is 7.57. The highest BCUT2D eigenvalue weighted by molar-refractivity contribution is 7.92. The number of ether oxygens (including phenoxy) is 1. The van der Waals surface area contributed by atoms with Crippen LogP contribution in [0, 0.1) is 20.8 Å². The number of amides is 1. The van der Waals surface area contributed by atoms with Crippen molar-refractivity contribution in [2.24, 2.45) is 0 Å². The maximum atomic E-state index is 13.5. The number of benzene rings is 3. The Morgan fingerprint density at radius 2 is 1.56 bits per heavy atom. The van der Waals surface area contributed by atoms with E-state index in [0.29, 0.717) is 18.0 Å². The van der Waals surface area contributed by atoms with Crippen LogP contribution in [0.5, 0.6) is 5.75 Å². The summed E-state index contributed by atoms with van der Waals surface area (Å²) in [6.45, 7) is 10.0. The van der Waals surface area contributed by atoms with Crippen LogP contribution in [0.15, 0.2) is 71.6 Å². The summed E-state index contributed by atoms with van der Waals surface area (Å²) >= 11 is 0. The molecule has 1 N–H and O–H groups in total. The minimum atomic E-state index is -3.96. The smallest absolute Gasteiger partial charge is 0.264 e. The summed E-state index contributed by atoms with van der Waals surface area (Å²) in [6.07, 6.45) is 0. The van der Waals surface area contributed by atoms with Gasteiger partial charge in [-0.1, -0.05) is 30.3 Å². The molecule has 3 aromatic carbocycles. The van der Waals surface area contributed by atoms with E-state index in [1.807, 2.05) is 27.7 Å². The molecule has 0 fully saturated rings. The Hall–Kier alpha value is -3.32. The van der Waals surface area contributed by atoms with Crippen LogP contribution in [0.3, 0.4) is 0 Å². The summed E-state index contributed by atoms with van der Waals surface area (Å²) in [5.41, 5.74) is 4.81. The van der Waals surface area contributed by atoms with E-state index in [1.54, 1.807) is 42.5 Å². The summed E-state index contributed by atoms with van der Waals surface area (Å²) in [6, 6.07) is 18.7. The number of carbonyl (C=O) groups is 1. The van der Waals surface area contributed by atoms with Crippen molar-refractivity contribution in [2.45, 2.75) is 45.6 Å². The second-order valence-electron chi connectivity index (χ2n) is 8.33. The van der Waals surface area contributed by atoms with Gasteiger partial charge in [0.1, 0.15) is 12.3 Å². The van der Waals surface area contributed by atoms with Crippen molar-refractivity contribution < 1.29 is 17.9 Å². The standard InChI is InChI=1S/C27H32N2O4S/c1-6-33-24-14-12-23(13-15-24)29(34(31,32)25-10-8-7-9-11-25)18-27(30)28-22(5)26-17-20(3)19(2)16-21(26)4/h7-17,22H,6,18H2,1-5H3,(H,28,30)/t22-/m0/s1. The van der Waals surface area contributed by atoms with Crippen LogP contribution in [0.25, 0.3) is 0 Å². The van der Waals surface area contributed by atoms with Crippen molar-refractivity contribution >= 4 is 21.6 Å². The summed E-state index contributed by atoms with van der Waals surface area (Å²) < 4.78 is 33.6. The molecule has 0 aliphatic rings. The molecular weight excluding hydrogens is 448 g/mol. The lowest BCUT2D eigenvalue weighted by atomic mass is 9.96. The molecule has 34 heavy (non-hydrogen) atoms. The summed E-state index contributed by atoms with van der Waals surface area (Å²) in [5.74, 6) is 0.241. The third kappa shape index (κ3) is 5.78. The van der Waals surface area contributed by atoms with Crippen LogP contribution in [0.2, 0.25) is 0 Å². The van der Waals surface area contributed by atoms with E-state index in [9.17, 15) is 13.2 Å². The molecule has 1 amide bonds. The van der Waals surface area contributed by atoms with Gasteiger partial charge >= 0.3 is 0 Å². The fourth-order valence-electron chi connectivity index (χ4n) is 3.85.